The van der Waals surface area contributed by atoms with Gasteiger partial charge in [-0.1, -0.05) is 6.58 Å². The maximum absolute atomic E-state index is 12.1. The number of hydrogen-bond donors (Lipinski definition) is 1. The molecular formula is C14H19NO6S. The highest BCUT2D eigenvalue weighted by Gasteiger charge is 2.63. The highest BCUT2D eigenvalue weighted by molar-refractivity contribution is 7.90. The van der Waals surface area contributed by atoms with E-state index in [-0.39, 0.29) is 28.7 Å². The molecule has 0 aromatic rings. The molecule has 8 heteroatoms. The molecule has 22 heavy (non-hydrogen) atoms. The van der Waals surface area contributed by atoms with Gasteiger partial charge in [-0.15, -0.1) is 0 Å². The van der Waals surface area contributed by atoms with Crippen molar-refractivity contribution in [3.8, 4) is 0 Å². The zero-order chi connectivity index (χ0) is 16.2. The monoisotopic (exact) mass is 329 g/mol. The van der Waals surface area contributed by atoms with Gasteiger partial charge in [0.05, 0.1) is 11.3 Å². The Bertz CT molecular complexity index is 642. The molecule has 1 heterocycles. The predicted octanol–water partition coefficient (Wildman–Crippen LogP) is 0.116. The van der Waals surface area contributed by atoms with E-state index in [1.807, 2.05) is 0 Å². The molecular weight excluding hydrogens is 310 g/mol. The average Bonchev–Trinajstić information content (AvgIpc) is 3.02. The summed E-state index contributed by atoms with van der Waals surface area (Å²) in [6, 6.07) is -0.346. The Morgan fingerprint density at radius 3 is 2.64 bits per heavy atom. The molecule has 0 aromatic heterocycles. The van der Waals surface area contributed by atoms with Gasteiger partial charge in [-0.2, -0.15) is 0 Å². The van der Waals surface area contributed by atoms with Gasteiger partial charge in [0.15, 0.2) is 6.10 Å². The molecule has 3 fully saturated rings. The molecule has 6 atom stereocenters. The molecule has 0 amide bonds. The van der Waals surface area contributed by atoms with E-state index in [0.717, 1.165) is 6.42 Å². The van der Waals surface area contributed by atoms with Crippen molar-refractivity contribution < 1.29 is 27.5 Å². The Morgan fingerprint density at radius 2 is 2.00 bits per heavy atom. The summed E-state index contributed by atoms with van der Waals surface area (Å²) in [6.07, 6.45) is -0.248. The van der Waals surface area contributed by atoms with E-state index in [1.54, 1.807) is 0 Å². The number of sulfonamides is 1. The van der Waals surface area contributed by atoms with Gasteiger partial charge in [0.25, 0.3) is 0 Å². The molecule has 3 rings (SSSR count). The molecule has 0 spiro atoms. The van der Waals surface area contributed by atoms with E-state index < -0.39 is 34.2 Å². The van der Waals surface area contributed by atoms with Crippen molar-refractivity contribution in [2.75, 3.05) is 0 Å². The first kappa shape index (κ1) is 15.5. The topological polar surface area (TPSA) is 98.8 Å². The van der Waals surface area contributed by atoms with E-state index >= 15 is 0 Å². The van der Waals surface area contributed by atoms with Crippen LogP contribution in [0.4, 0.5) is 0 Å². The quantitative estimate of drug-likeness (QED) is 0.581. The minimum atomic E-state index is -3.29. The number of nitrogens with one attached hydrogen (secondary N) is 1. The predicted molar refractivity (Wildman–Crippen MR) is 76.1 cm³/mol. The van der Waals surface area contributed by atoms with Gasteiger partial charge < -0.3 is 9.47 Å². The summed E-state index contributed by atoms with van der Waals surface area (Å²) < 4.78 is 36.9. The van der Waals surface area contributed by atoms with Crippen LogP contribution < -0.4 is 4.72 Å². The zero-order valence-corrected chi connectivity index (χ0v) is 13.3. The number of hydrogen-bond acceptors (Lipinski definition) is 6. The Hall–Kier alpha value is -1.41. The molecule has 7 nitrogen and oxygen atoms in total. The number of esters is 2. The minimum absolute atomic E-state index is 0.0149. The Labute approximate surface area is 129 Å². The second-order valence-electron chi connectivity index (χ2n) is 6.35. The molecule has 1 saturated heterocycles. The van der Waals surface area contributed by atoms with Gasteiger partial charge in [-0.05, 0) is 38.5 Å². The third kappa shape index (κ3) is 2.34. The summed E-state index contributed by atoms with van der Waals surface area (Å²) in [5.74, 6) is -1.24. The zero-order valence-electron chi connectivity index (χ0n) is 12.4. The smallest absolute Gasteiger partial charge is 0.347 e. The average molecular weight is 329 g/mol. The second kappa shape index (κ2) is 5.06. The van der Waals surface area contributed by atoms with Crippen molar-refractivity contribution in [2.24, 2.45) is 11.8 Å². The molecule has 0 aromatic carbocycles. The fourth-order valence-corrected chi connectivity index (χ4v) is 5.86. The van der Waals surface area contributed by atoms with E-state index in [2.05, 4.69) is 11.3 Å². The molecule has 2 bridgehead atoms. The summed E-state index contributed by atoms with van der Waals surface area (Å²) in [5, 5.41) is -0.351. The minimum Gasteiger partial charge on any atom is -0.458 e. The maximum atomic E-state index is 12.1. The molecule has 2 aliphatic carbocycles. The lowest BCUT2D eigenvalue weighted by Gasteiger charge is -2.27. The van der Waals surface area contributed by atoms with Gasteiger partial charge in [-0.3, -0.25) is 0 Å². The number of carbonyl (C=O) groups excluding carboxylic acids is 2. The Balaban J connectivity index is 1.64. The van der Waals surface area contributed by atoms with Gasteiger partial charge in [0, 0.05) is 5.57 Å². The highest BCUT2D eigenvalue weighted by Crippen LogP contribution is 2.52. The molecule has 2 saturated carbocycles. The molecule has 1 aliphatic heterocycles. The van der Waals surface area contributed by atoms with Crippen LogP contribution in [0.5, 0.6) is 0 Å². The van der Waals surface area contributed by atoms with Crippen LogP contribution in [-0.4, -0.2) is 43.9 Å². The highest BCUT2D eigenvalue weighted by atomic mass is 32.2. The summed E-state index contributed by atoms with van der Waals surface area (Å²) >= 11 is 0. The first-order valence-corrected chi connectivity index (χ1v) is 8.83. The van der Waals surface area contributed by atoms with Crippen molar-refractivity contribution in [1.29, 1.82) is 0 Å². The van der Waals surface area contributed by atoms with Crippen molar-refractivity contribution in [3.63, 3.8) is 0 Å². The van der Waals surface area contributed by atoms with Crippen LogP contribution in [0.2, 0.25) is 0 Å². The first-order valence-electron chi connectivity index (χ1n) is 7.29. The maximum Gasteiger partial charge on any atom is 0.347 e. The van der Waals surface area contributed by atoms with Crippen molar-refractivity contribution in [2.45, 2.75) is 50.2 Å². The van der Waals surface area contributed by atoms with E-state index in [9.17, 15) is 18.0 Å². The van der Waals surface area contributed by atoms with E-state index in [0.29, 0.717) is 6.42 Å². The number of fused-ring (bicyclic) bond motifs is 1. The summed E-state index contributed by atoms with van der Waals surface area (Å²) in [4.78, 5) is 23.5. The van der Waals surface area contributed by atoms with E-state index in [4.69, 9.17) is 9.47 Å². The number of carbonyl (C=O) groups is 2. The van der Waals surface area contributed by atoms with E-state index in [1.165, 1.54) is 13.8 Å². The van der Waals surface area contributed by atoms with Crippen molar-refractivity contribution in [1.82, 2.24) is 4.72 Å². The fraction of sp³-hybridized carbons (Fsp3) is 0.714. The van der Waals surface area contributed by atoms with Crippen LogP contribution in [0.15, 0.2) is 12.2 Å². The van der Waals surface area contributed by atoms with Crippen LogP contribution in [0, 0.1) is 11.8 Å². The van der Waals surface area contributed by atoms with Crippen molar-refractivity contribution in [3.05, 3.63) is 12.2 Å². The summed E-state index contributed by atoms with van der Waals surface area (Å²) in [5.41, 5.74) is 0.200. The summed E-state index contributed by atoms with van der Waals surface area (Å²) in [6.45, 7) is 6.36. The lowest BCUT2D eigenvalue weighted by Crippen LogP contribution is -2.43. The van der Waals surface area contributed by atoms with Crippen LogP contribution in [0.1, 0.15) is 26.7 Å². The Morgan fingerprint density at radius 1 is 1.32 bits per heavy atom. The van der Waals surface area contributed by atoms with Crippen molar-refractivity contribution >= 4 is 22.0 Å². The fourth-order valence-electron chi connectivity index (χ4n) is 3.75. The van der Waals surface area contributed by atoms with Gasteiger partial charge in [0.1, 0.15) is 6.10 Å². The van der Waals surface area contributed by atoms with Gasteiger partial charge in [-0.25, -0.2) is 22.7 Å². The van der Waals surface area contributed by atoms with Crippen LogP contribution in [0.25, 0.3) is 0 Å². The summed E-state index contributed by atoms with van der Waals surface area (Å²) in [7, 11) is -3.29. The largest absolute Gasteiger partial charge is 0.458 e. The van der Waals surface area contributed by atoms with Gasteiger partial charge in [0.2, 0.25) is 10.0 Å². The molecule has 0 radical (unpaired) electrons. The Kier molecular flexibility index (Phi) is 3.56. The molecule has 5 unspecified atom stereocenters. The van der Waals surface area contributed by atoms with Crippen LogP contribution >= 0.6 is 0 Å². The number of rotatable bonds is 4. The molecule has 122 valence electrons. The third-order valence-corrected chi connectivity index (χ3v) is 6.72. The SMILES string of the molecule is C=C(C)C(=O)O[C@@H](C)C(=O)OC1C2CC3C1NS(=O)(=O)C3C2. The molecule has 1 N–H and O–H groups in total. The number of ether oxygens (including phenoxy) is 2. The third-order valence-electron chi connectivity index (χ3n) is 4.78. The standard InChI is InChI=1S/C14H19NO6S/c1-6(2)13(16)20-7(3)14(17)21-12-8-4-9-10(5-8)22(18,19)15-11(9)12/h7-12,15H,1,4-5H2,2-3H3/t7-,8?,9?,10?,11?,12?/m0/s1. The van der Waals surface area contributed by atoms with Crippen LogP contribution in [0.3, 0.4) is 0 Å². The van der Waals surface area contributed by atoms with Gasteiger partial charge >= 0.3 is 11.9 Å². The van der Waals surface area contributed by atoms with Crippen LogP contribution in [-0.2, 0) is 29.1 Å². The lowest BCUT2D eigenvalue weighted by molar-refractivity contribution is -0.170. The normalized spacial score (nSPS) is 38.5. The molecule has 3 aliphatic rings. The first-order chi connectivity index (χ1) is 10.2. The second-order valence-corrected chi connectivity index (χ2v) is 8.28. The lowest BCUT2D eigenvalue weighted by atomic mass is 9.93.